The van der Waals surface area contributed by atoms with Crippen LogP contribution in [0.2, 0.25) is 0 Å². The van der Waals surface area contributed by atoms with Gasteiger partial charge < -0.3 is 14.4 Å². The highest BCUT2D eigenvalue weighted by molar-refractivity contribution is 7.91. The van der Waals surface area contributed by atoms with E-state index in [1.54, 1.807) is 26.4 Å². The molecule has 9 heteroatoms. The van der Waals surface area contributed by atoms with Crippen LogP contribution >= 0.6 is 0 Å². The highest BCUT2D eigenvalue weighted by Gasteiger charge is 2.31. The molecule has 1 heterocycles. The topological polar surface area (TPSA) is 59.1 Å². The standard InChI is InChI=1S/C20H24F2N2O4S/c1-27-16-7-8-18(28-2)15(13-16)14-23-9-11-24(12-10-23)17-5-3-4-6-19(17)29(25,26)20(21)22/h3-8,13,20H,9-12,14H2,1-2H3. The average molecular weight is 426 g/mol. The van der Waals surface area contributed by atoms with Gasteiger partial charge in [0.25, 0.3) is 0 Å². The fraction of sp³-hybridized carbons (Fsp3) is 0.400. The first-order chi connectivity index (χ1) is 13.9. The molecule has 0 unspecified atom stereocenters. The summed E-state index contributed by atoms with van der Waals surface area (Å²) >= 11 is 0. The number of sulfone groups is 1. The molecule has 2 aromatic rings. The normalized spacial score (nSPS) is 15.6. The minimum atomic E-state index is -4.65. The third-order valence-electron chi connectivity index (χ3n) is 5.00. The second-order valence-electron chi connectivity index (χ2n) is 6.71. The summed E-state index contributed by atoms with van der Waals surface area (Å²) in [6.45, 7) is 3.02. The van der Waals surface area contributed by atoms with E-state index < -0.39 is 15.6 Å². The number of halogens is 2. The Bertz CT molecular complexity index is 945. The van der Waals surface area contributed by atoms with Crippen LogP contribution in [0.15, 0.2) is 47.4 Å². The Balaban J connectivity index is 1.73. The number of benzene rings is 2. The van der Waals surface area contributed by atoms with Crippen molar-refractivity contribution in [3.8, 4) is 11.5 Å². The molecule has 0 radical (unpaired) electrons. The number of para-hydroxylation sites is 1. The van der Waals surface area contributed by atoms with Gasteiger partial charge >= 0.3 is 5.76 Å². The summed E-state index contributed by atoms with van der Waals surface area (Å²) in [6, 6.07) is 11.6. The van der Waals surface area contributed by atoms with E-state index in [1.165, 1.54) is 12.1 Å². The van der Waals surface area contributed by atoms with Crippen molar-refractivity contribution in [1.82, 2.24) is 4.90 Å². The first-order valence-corrected chi connectivity index (χ1v) is 10.7. The molecule has 158 valence electrons. The van der Waals surface area contributed by atoms with Crippen molar-refractivity contribution in [3.63, 3.8) is 0 Å². The van der Waals surface area contributed by atoms with Crippen LogP contribution in [-0.2, 0) is 16.4 Å². The molecule has 1 fully saturated rings. The highest BCUT2D eigenvalue weighted by atomic mass is 32.2. The zero-order valence-corrected chi connectivity index (χ0v) is 17.2. The number of hydrogen-bond donors (Lipinski definition) is 0. The third kappa shape index (κ3) is 4.62. The van der Waals surface area contributed by atoms with Crippen molar-refractivity contribution in [1.29, 1.82) is 0 Å². The molecule has 0 bridgehead atoms. The van der Waals surface area contributed by atoms with Gasteiger partial charge in [-0.15, -0.1) is 0 Å². The predicted octanol–water partition coefficient (Wildman–Crippen LogP) is 3.02. The lowest BCUT2D eigenvalue weighted by molar-refractivity contribution is 0.234. The summed E-state index contributed by atoms with van der Waals surface area (Å²) in [4.78, 5) is 3.73. The van der Waals surface area contributed by atoms with Crippen LogP contribution in [0.1, 0.15) is 5.56 Å². The lowest BCUT2D eigenvalue weighted by Gasteiger charge is -2.37. The van der Waals surface area contributed by atoms with Crippen LogP contribution < -0.4 is 14.4 Å². The Morgan fingerprint density at radius 1 is 1.00 bits per heavy atom. The van der Waals surface area contributed by atoms with Gasteiger partial charge in [-0.2, -0.15) is 8.78 Å². The van der Waals surface area contributed by atoms with E-state index in [2.05, 4.69) is 4.90 Å². The molecule has 2 aromatic carbocycles. The van der Waals surface area contributed by atoms with E-state index in [0.29, 0.717) is 38.4 Å². The maximum Gasteiger partial charge on any atom is 0.341 e. The monoisotopic (exact) mass is 426 g/mol. The molecule has 0 N–H and O–H groups in total. The molecule has 0 spiro atoms. The van der Waals surface area contributed by atoms with Crippen molar-refractivity contribution >= 4 is 15.5 Å². The largest absolute Gasteiger partial charge is 0.497 e. The predicted molar refractivity (Wildman–Crippen MR) is 107 cm³/mol. The molecular formula is C20H24F2N2O4S. The Morgan fingerprint density at radius 3 is 2.31 bits per heavy atom. The van der Waals surface area contributed by atoms with E-state index >= 15 is 0 Å². The fourth-order valence-electron chi connectivity index (χ4n) is 3.45. The minimum Gasteiger partial charge on any atom is -0.497 e. The molecule has 29 heavy (non-hydrogen) atoms. The van der Waals surface area contributed by atoms with Crippen molar-refractivity contribution in [2.24, 2.45) is 0 Å². The Hall–Kier alpha value is -2.39. The van der Waals surface area contributed by atoms with Gasteiger partial charge in [0.15, 0.2) is 0 Å². The first-order valence-electron chi connectivity index (χ1n) is 9.16. The smallest absolute Gasteiger partial charge is 0.341 e. The fourth-order valence-corrected chi connectivity index (χ4v) is 4.40. The van der Waals surface area contributed by atoms with Gasteiger partial charge in [0.2, 0.25) is 9.84 Å². The molecule has 0 saturated carbocycles. The van der Waals surface area contributed by atoms with E-state index in [4.69, 9.17) is 9.47 Å². The van der Waals surface area contributed by atoms with Crippen molar-refractivity contribution in [2.75, 3.05) is 45.3 Å². The number of anilines is 1. The number of alkyl halides is 2. The number of piperazine rings is 1. The Morgan fingerprint density at radius 2 is 1.69 bits per heavy atom. The number of rotatable bonds is 7. The molecule has 0 aromatic heterocycles. The zero-order valence-electron chi connectivity index (χ0n) is 16.3. The molecular weight excluding hydrogens is 402 g/mol. The second kappa shape index (κ2) is 8.96. The summed E-state index contributed by atoms with van der Waals surface area (Å²) in [6.07, 6.45) is 0. The molecule has 0 amide bonds. The Labute approximate surface area is 169 Å². The SMILES string of the molecule is COc1ccc(OC)c(CN2CCN(c3ccccc3S(=O)(=O)C(F)F)CC2)c1. The average Bonchev–Trinajstić information content (AvgIpc) is 2.74. The number of nitrogens with zero attached hydrogens (tertiary/aromatic N) is 2. The van der Waals surface area contributed by atoms with Crippen LogP contribution in [0, 0.1) is 0 Å². The van der Waals surface area contributed by atoms with E-state index in [9.17, 15) is 17.2 Å². The van der Waals surface area contributed by atoms with Gasteiger partial charge in [0.05, 0.1) is 24.8 Å². The number of ether oxygens (including phenoxy) is 2. The van der Waals surface area contributed by atoms with E-state index in [1.807, 2.05) is 23.1 Å². The second-order valence-corrected chi connectivity index (χ2v) is 8.60. The lowest BCUT2D eigenvalue weighted by Crippen LogP contribution is -2.46. The van der Waals surface area contributed by atoms with Crippen LogP contribution in [-0.4, -0.2) is 59.5 Å². The summed E-state index contributed by atoms with van der Waals surface area (Å²) in [5.74, 6) is -1.93. The van der Waals surface area contributed by atoms with Crippen LogP contribution in [0.4, 0.5) is 14.5 Å². The summed E-state index contributed by atoms with van der Waals surface area (Å²) in [5, 5.41) is 0. The van der Waals surface area contributed by atoms with Gasteiger partial charge in [0, 0.05) is 38.3 Å². The third-order valence-corrected chi connectivity index (χ3v) is 6.43. The van der Waals surface area contributed by atoms with Gasteiger partial charge in [-0.25, -0.2) is 8.42 Å². The maximum absolute atomic E-state index is 13.0. The lowest BCUT2D eigenvalue weighted by atomic mass is 10.1. The number of hydrogen-bond acceptors (Lipinski definition) is 6. The molecule has 0 atom stereocenters. The first kappa shape index (κ1) is 21.3. The zero-order chi connectivity index (χ0) is 21.0. The minimum absolute atomic E-state index is 0.321. The van der Waals surface area contributed by atoms with Crippen molar-refractivity contribution < 1.29 is 26.7 Å². The maximum atomic E-state index is 13.0. The van der Waals surface area contributed by atoms with Crippen LogP contribution in [0.5, 0.6) is 11.5 Å². The van der Waals surface area contributed by atoms with Crippen molar-refractivity contribution in [3.05, 3.63) is 48.0 Å². The Kier molecular flexibility index (Phi) is 6.59. The summed E-state index contributed by atoms with van der Waals surface area (Å²) in [5.41, 5.74) is 1.31. The molecule has 3 rings (SSSR count). The van der Waals surface area contributed by atoms with Gasteiger partial charge in [-0.3, -0.25) is 4.90 Å². The van der Waals surface area contributed by atoms with Gasteiger partial charge in [-0.05, 0) is 30.3 Å². The summed E-state index contributed by atoms with van der Waals surface area (Å²) in [7, 11) is -1.43. The number of methoxy groups -OCH3 is 2. The summed E-state index contributed by atoms with van der Waals surface area (Å²) < 4.78 is 60.8. The van der Waals surface area contributed by atoms with Crippen LogP contribution in [0.25, 0.3) is 0 Å². The molecule has 1 saturated heterocycles. The molecule has 6 nitrogen and oxygen atoms in total. The van der Waals surface area contributed by atoms with Crippen LogP contribution in [0.3, 0.4) is 0 Å². The molecule has 0 aliphatic carbocycles. The molecule has 1 aliphatic heterocycles. The van der Waals surface area contributed by atoms with Gasteiger partial charge in [0.1, 0.15) is 11.5 Å². The van der Waals surface area contributed by atoms with E-state index in [0.717, 1.165) is 17.1 Å². The highest BCUT2D eigenvalue weighted by Crippen LogP contribution is 2.30. The van der Waals surface area contributed by atoms with Gasteiger partial charge in [-0.1, -0.05) is 12.1 Å². The molecule has 1 aliphatic rings. The van der Waals surface area contributed by atoms with E-state index in [-0.39, 0.29) is 4.90 Å². The van der Waals surface area contributed by atoms with Crippen molar-refractivity contribution in [2.45, 2.75) is 17.2 Å². The quantitative estimate of drug-likeness (QED) is 0.678.